The van der Waals surface area contributed by atoms with E-state index in [1.807, 2.05) is 0 Å². The minimum Gasteiger partial charge on any atom is -0.281 e. The smallest absolute Gasteiger partial charge is 0.159 e. The van der Waals surface area contributed by atoms with Crippen molar-refractivity contribution in [1.82, 2.24) is 4.90 Å². The number of likely N-dealkylation sites (tertiary alicyclic amines) is 1. The lowest BCUT2D eigenvalue weighted by atomic mass is 9.95. The highest BCUT2D eigenvalue weighted by atomic mass is 19.2. The van der Waals surface area contributed by atoms with E-state index in [0.717, 1.165) is 37.9 Å². The Kier molecular flexibility index (Phi) is 4.49. The summed E-state index contributed by atoms with van der Waals surface area (Å²) < 4.78 is 26.3. The van der Waals surface area contributed by atoms with E-state index in [9.17, 15) is 14.0 Å². The summed E-state index contributed by atoms with van der Waals surface area (Å²) in [7, 11) is 0. The van der Waals surface area contributed by atoms with Gasteiger partial charge in [0.2, 0.25) is 0 Å². The van der Waals surface area contributed by atoms with Gasteiger partial charge in [-0.1, -0.05) is 19.4 Å². The van der Waals surface area contributed by atoms with Crippen molar-refractivity contribution in [2.75, 3.05) is 6.54 Å². The van der Waals surface area contributed by atoms with Crippen LogP contribution in [0.15, 0.2) is 18.2 Å². The standard InChI is InChI=1S/C15H18F2N2/c1-2-12-5-3-4-8-19(12)15(10-18)11-6-7-13(16)14(17)9-11/h6-7,9,12,15H,2-5,8H2,1H3. The lowest BCUT2D eigenvalue weighted by Crippen LogP contribution is -2.41. The number of benzene rings is 1. The quantitative estimate of drug-likeness (QED) is 0.830. The van der Waals surface area contributed by atoms with Gasteiger partial charge in [0.05, 0.1) is 6.07 Å². The average molecular weight is 264 g/mol. The van der Waals surface area contributed by atoms with Crippen molar-refractivity contribution in [3.63, 3.8) is 0 Å². The molecule has 102 valence electrons. The number of hydrogen-bond acceptors (Lipinski definition) is 2. The SMILES string of the molecule is CCC1CCCCN1C(C#N)c1ccc(F)c(F)c1. The highest BCUT2D eigenvalue weighted by Crippen LogP contribution is 2.30. The zero-order valence-corrected chi connectivity index (χ0v) is 11.1. The van der Waals surface area contributed by atoms with Gasteiger partial charge in [0.15, 0.2) is 11.6 Å². The van der Waals surface area contributed by atoms with Crippen LogP contribution in [-0.2, 0) is 0 Å². The molecule has 1 aromatic carbocycles. The van der Waals surface area contributed by atoms with Gasteiger partial charge in [0, 0.05) is 12.6 Å². The molecule has 4 heteroatoms. The van der Waals surface area contributed by atoms with Gasteiger partial charge in [0.1, 0.15) is 6.04 Å². The van der Waals surface area contributed by atoms with E-state index in [-0.39, 0.29) is 0 Å². The molecule has 0 radical (unpaired) electrons. The van der Waals surface area contributed by atoms with Gasteiger partial charge in [0.25, 0.3) is 0 Å². The lowest BCUT2D eigenvalue weighted by Gasteiger charge is -2.38. The molecule has 1 aliphatic heterocycles. The molecular formula is C15H18F2N2. The van der Waals surface area contributed by atoms with Gasteiger partial charge in [-0.2, -0.15) is 5.26 Å². The first-order valence-electron chi connectivity index (χ1n) is 6.77. The third-order valence-electron chi connectivity index (χ3n) is 3.86. The molecule has 2 nitrogen and oxygen atoms in total. The summed E-state index contributed by atoms with van der Waals surface area (Å²) >= 11 is 0. The van der Waals surface area contributed by atoms with Gasteiger partial charge >= 0.3 is 0 Å². The lowest BCUT2D eigenvalue weighted by molar-refractivity contribution is 0.116. The van der Waals surface area contributed by atoms with Crippen LogP contribution in [0.2, 0.25) is 0 Å². The third-order valence-corrected chi connectivity index (χ3v) is 3.86. The molecule has 0 aliphatic carbocycles. The zero-order valence-electron chi connectivity index (χ0n) is 11.1. The molecule has 0 spiro atoms. The normalized spacial score (nSPS) is 21.9. The minimum atomic E-state index is -0.886. The molecule has 2 rings (SSSR count). The Balaban J connectivity index is 2.28. The maximum absolute atomic E-state index is 13.3. The molecule has 1 aromatic rings. The van der Waals surface area contributed by atoms with E-state index in [1.54, 1.807) is 0 Å². The van der Waals surface area contributed by atoms with E-state index in [2.05, 4.69) is 17.9 Å². The van der Waals surface area contributed by atoms with Crippen LogP contribution in [0, 0.1) is 23.0 Å². The first-order valence-corrected chi connectivity index (χ1v) is 6.77. The molecular weight excluding hydrogens is 246 g/mol. The molecule has 1 fully saturated rings. The predicted molar refractivity (Wildman–Crippen MR) is 69.3 cm³/mol. The van der Waals surface area contributed by atoms with Crippen LogP contribution >= 0.6 is 0 Å². The number of nitriles is 1. The second-order valence-electron chi connectivity index (χ2n) is 5.00. The van der Waals surface area contributed by atoms with Gasteiger partial charge < -0.3 is 0 Å². The Morgan fingerprint density at radius 2 is 2.16 bits per heavy atom. The molecule has 0 saturated carbocycles. The van der Waals surface area contributed by atoms with Gasteiger partial charge in [-0.05, 0) is 37.0 Å². The molecule has 2 unspecified atom stereocenters. The Morgan fingerprint density at radius 1 is 1.37 bits per heavy atom. The molecule has 0 aromatic heterocycles. The van der Waals surface area contributed by atoms with E-state index >= 15 is 0 Å². The molecule has 0 amide bonds. The Labute approximate surface area is 112 Å². The van der Waals surface area contributed by atoms with Crippen molar-refractivity contribution in [1.29, 1.82) is 5.26 Å². The summed E-state index contributed by atoms with van der Waals surface area (Å²) in [5.41, 5.74) is 0.543. The van der Waals surface area contributed by atoms with Crippen molar-refractivity contribution in [2.45, 2.75) is 44.7 Å². The highest BCUT2D eigenvalue weighted by Gasteiger charge is 2.29. The average Bonchev–Trinajstić information content (AvgIpc) is 2.44. The Bertz CT molecular complexity index is 482. The van der Waals surface area contributed by atoms with Gasteiger partial charge in [-0.3, -0.25) is 4.90 Å². The molecule has 2 atom stereocenters. The van der Waals surface area contributed by atoms with Crippen molar-refractivity contribution in [3.05, 3.63) is 35.4 Å². The number of nitrogens with zero attached hydrogens (tertiary/aromatic N) is 2. The largest absolute Gasteiger partial charge is 0.281 e. The fourth-order valence-corrected chi connectivity index (χ4v) is 2.82. The van der Waals surface area contributed by atoms with Crippen LogP contribution in [0.25, 0.3) is 0 Å². The van der Waals surface area contributed by atoms with E-state index in [0.29, 0.717) is 11.6 Å². The van der Waals surface area contributed by atoms with Crippen LogP contribution in [0.1, 0.15) is 44.2 Å². The summed E-state index contributed by atoms with van der Waals surface area (Å²) in [5, 5.41) is 9.40. The molecule has 1 saturated heterocycles. The summed E-state index contributed by atoms with van der Waals surface area (Å²) in [6.07, 6.45) is 4.27. The summed E-state index contributed by atoms with van der Waals surface area (Å²) in [4.78, 5) is 2.12. The fraction of sp³-hybridized carbons (Fsp3) is 0.533. The monoisotopic (exact) mass is 264 g/mol. The van der Waals surface area contributed by atoms with Crippen LogP contribution in [0.4, 0.5) is 8.78 Å². The van der Waals surface area contributed by atoms with Crippen molar-refractivity contribution < 1.29 is 8.78 Å². The Morgan fingerprint density at radius 3 is 2.79 bits per heavy atom. The second-order valence-corrected chi connectivity index (χ2v) is 5.00. The van der Waals surface area contributed by atoms with E-state index in [4.69, 9.17) is 0 Å². The maximum atomic E-state index is 13.3. The fourth-order valence-electron chi connectivity index (χ4n) is 2.82. The number of hydrogen-bond donors (Lipinski definition) is 0. The summed E-state index contributed by atoms with van der Waals surface area (Å²) in [5.74, 6) is -1.76. The van der Waals surface area contributed by atoms with Crippen molar-refractivity contribution >= 4 is 0 Å². The number of piperidine rings is 1. The highest BCUT2D eigenvalue weighted by molar-refractivity contribution is 5.26. The number of rotatable bonds is 3. The molecule has 0 N–H and O–H groups in total. The molecule has 1 aliphatic rings. The Hall–Kier alpha value is -1.47. The summed E-state index contributed by atoms with van der Waals surface area (Å²) in [6, 6.07) is 5.85. The predicted octanol–water partition coefficient (Wildman–Crippen LogP) is 3.79. The van der Waals surface area contributed by atoms with Crippen LogP contribution in [0.3, 0.4) is 0 Å². The van der Waals surface area contributed by atoms with E-state index in [1.165, 1.54) is 12.5 Å². The topological polar surface area (TPSA) is 27.0 Å². The molecule has 0 bridgehead atoms. The first-order chi connectivity index (χ1) is 9.17. The van der Waals surface area contributed by atoms with Gasteiger partial charge in [-0.25, -0.2) is 8.78 Å². The van der Waals surface area contributed by atoms with Crippen molar-refractivity contribution in [2.24, 2.45) is 0 Å². The van der Waals surface area contributed by atoms with Crippen LogP contribution < -0.4 is 0 Å². The second kappa shape index (κ2) is 6.12. The van der Waals surface area contributed by atoms with Crippen LogP contribution in [-0.4, -0.2) is 17.5 Å². The third kappa shape index (κ3) is 2.93. The number of halogens is 2. The molecule has 1 heterocycles. The van der Waals surface area contributed by atoms with Gasteiger partial charge in [-0.15, -0.1) is 0 Å². The molecule has 19 heavy (non-hydrogen) atoms. The minimum absolute atomic E-state index is 0.353. The zero-order chi connectivity index (χ0) is 13.8. The van der Waals surface area contributed by atoms with E-state index < -0.39 is 17.7 Å². The first kappa shape index (κ1) is 14.0. The van der Waals surface area contributed by atoms with Crippen molar-refractivity contribution in [3.8, 4) is 6.07 Å². The van der Waals surface area contributed by atoms with Crippen LogP contribution in [0.5, 0.6) is 0 Å². The summed E-state index contributed by atoms with van der Waals surface area (Å²) in [6.45, 7) is 2.94. The maximum Gasteiger partial charge on any atom is 0.159 e.